The lowest BCUT2D eigenvalue weighted by Crippen LogP contribution is -2.58. The fourth-order valence-electron chi connectivity index (χ4n) is 17.3. The fourth-order valence-corrected chi connectivity index (χ4v) is 19.4. The van der Waals surface area contributed by atoms with Gasteiger partial charge in [0.1, 0.15) is 0 Å². The molecule has 11 rings (SSSR count). The average Bonchev–Trinajstić information content (AvgIpc) is 3.90. The summed E-state index contributed by atoms with van der Waals surface area (Å²) >= 11 is 2.47. The molecule has 0 aromatic heterocycles. The van der Waals surface area contributed by atoms with Crippen LogP contribution >= 0.6 is 11.8 Å². The highest BCUT2D eigenvalue weighted by atomic mass is 32.2. The second kappa shape index (κ2) is 15.2. The van der Waals surface area contributed by atoms with Crippen LogP contribution in [0.3, 0.4) is 0 Å². The Morgan fingerprint density at radius 2 is 0.981 bits per heavy atom. The molecule has 14 unspecified atom stereocenters. The van der Waals surface area contributed by atoms with Gasteiger partial charge in [-0.05, 0) is 175 Å². The smallest absolute Gasteiger partial charge is 0.0766 e. The van der Waals surface area contributed by atoms with Crippen molar-refractivity contribution in [3.63, 3.8) is 0 Å². The zero-order chi connectivity index (χ0) is 34.2. The molecule has 11 aliphatic rings. The summed E-state index contributed by atoms with van der Waals surface area (Å²) < 4.78 is 14.6. The van der Waals surface area contributed by atoms with Crippen molar-refractivity contribution in [3.05, 3.63) is 0 Å². The van der Waals surface area contributed by atoms with E-state index in [0.717, 1.165) is 75.8 Å². The van der Waals surface area contributed by atoms with E-state index in [1.165, 1.54) is 128 Å². The minimum atomic E-state index is 0.509. The van der Waals surface area contributed by atoms with Crippen LogP contribution in [0.4, 0.5) is 0 Å². The SMILES string of the molecule is C1CCC(C2CCC(N(C3CCC(C4CCC5SC6CCCCC6C5C4)CC3)C3CCCC4C5CCC6OC7CCCCC7C6C5OC43)CC2)CC1. The second-order valence-electron chi connectivity index (χ2n) is 21.6. The number of thioether (sulfide) groups is 1. The average molecular weight is 732 g/mol. The van der Waals surface area contributed by atoms with E-state index in [2.05, 4.69) is 16.7 Å². The third-order valence-corrected chi connectivity index (χ3v) is 21.4. The second-order valence-corrected chi connectivity index (χ2v) is 23.1. The molecular weight excluding hydrogens is 655 g/mol. The van der Waals surface area contributed by atoms with Gasteiger partial charge in [-0.2, -0.15) is 11.8 Å². The van der Waals surface area contributed by atoms with Crippen LogP contribution in [-0.2, 0) is 9.47 Å². The summed E-state index contributed by atoms with van der Waals surface area (Å²) in [5, 5.41) is 2.07. The Kier molecular flexibility index (Phi) is 10.3. The molecule has 8 aliphatic carbocycles. The van der Waals surface area contributed by atoms with Crippen LogP contribution in [0.15, 0.2) is 0 Å². The molecule has 3 nitrogen and oxygen atoms in total. The molecule has 4 heteroatoms. The largest absolute Gasteiger partial charge is 0.374 e. The van der Waals surface area contributed by atoms with Gasteiger partial charge in [0.2, 0.25) is 0 Å². The van der Waals surface area contributed by atoms with Crippen molar-refractivity contribution in [1.82, 2.24) is 4.90 Å². The van der Waals surface area contributed by atoms with Crippen molar-refractivity contribution in [3.8, 4) is 0 Å². The predicted molar refractivity (Wildman–Crippen MR) is 214 cm³/mol. The molecule has 0 spiro atoms. The maximum absolute atomic E-state index is 7.70. The van der Waals surface area contributed by atoms with Crippen molar-refractivity contribution in [2.45, 2.75) is 239 Å². The maximum Gasteiger partial charge on any atom is 0.0766 e. The third kappa shape index (κ3) is 6.37. The van der Waals surface area contributed by atoms with Crippen molar-refractivity contribution in [1.29, 1.82) is 0 Å². The minimum Gasteiger partial charge on any atom is -0.374 e. The summed E-state index contributed by atoms with van der Waals surface area (Å²) in [7, 11) is 0. The molecule has 14 atom stereocenters. The number of ether oxygens (including phenoxy) is 2. The Bertz CT molecular complexity index is 1200. The van der Waals surface area contributed by atoms with Gasteiger partial charge in [0.25, 0.3) is 0 Å². The van der Waals surface area contributed by atoms with Crippen molar-refractivity contribution < 1.29 is 9.47 Å². The van der Waals surface area contributed by atoms with E-state index in [4.69, 9.17) is 9.47 Å². The lowest BCUT2D eigenvalue weighted by Gasteiger charge is -2.52. The fraction of sp³-hybridized carbons (Fsp3) is 1.00. The Balaban J connectivity index is 0.809. The van der Waals surface area contributed by atoms with Crippen LogP contribution in [0.1, 0.15) is 186 Å². The van der Waals surface area contributed by atoms with Gasteiger partial charge in [0.15, 0.2) is 0 Å². The molecule has 0 N–H and O–H groups in total. The highest BCUT2D eigenvalue weighted by Gasteiger charge is 2.61. The standard InChI is InChI=1S/C48H77NO2S/c1-2-9-30(10-3-1)31-17-22-34(23-18-31)49(35-24-19-32(20-25-35)33-21-28-45-40(29-33)36-11-5-7-16-44(36)52-45)41-14-8-13-37-38-26-27-43-46(48(38)51-47(37)41)39-12-4-6-15-42(39)50-43/h30-48H,1-29H2. The summed E-state index contributed by atoms with van der Waals surface area (Å²) in [5.74, 6) is 9.50. The number of rotatable bonds is 5. The van der Waals surface area contributed by atoms with E-state index in [1.54, 1.807) is 57.8 Å². The van der Waals surface area contributed by atoms with Crippen molar-refractivity contribution in [2.24, 2.45) is 59.2 Å². The number of hydrogen-bond acceptors (Lipinski definition) is 4. The normalized spacial score (nSPS) is 53.7. The predicted octanol–water partition coefficient (Wildman–Crippen LogP) is 12.0. The van der Waals surface area contributed by atoms with Crippen LogP contribution in [0.25, 0.3) is 0 Å². The zero-order valence-corrected chi connectivity index (χ0v) is 34.0. The summed E-state index contributed by atoms with van der Waals surface area (Å²) in [5.41, 5.74) is 0. The Hall–Kier alpha value is 0.230. The summed E-state index contributed by atoms with van der Waals surface area (Å²) in [6.07, 6.45) is 45.4. The van der Waals surface area contributed by atoms with Crippen LogP contribution in [0.2, 0.25) is 0 Å². The summed E-state index contributed by atoms with van der Waals surface area (Å²) in [6.45, 7) is 0. The molecule has 0 bridgehead atoms. The van der Waals surface area contributed by atoms with Gasteiger partial charge in [-0.25, -0.2) is 0 Å². The third-order valence-electron chi connectivity index (χ3n) is 19.5. The molecular formula is C48H77NO2S. The number of nitrogens with zero attached hydrogens (tertiary/aromatic N) is 1. The van der Waals surface area contributed by atoms with E-state index < -0.39 is 0 Å². The van der Waals surface area contributed by atoms with E-state index in [1.807, 2.05) is 0 Å². The molecule has 52 heavy (non-hydrogen) atoms. The quantitative estimate of drug-likeness (QED) is 0.281. The molecule has 3 aliphatic heterocycles. The van der Waals surface area contributed by atoms with Gasteiger partial charge in [0, 0.05) is 34.5 Å². The molecule has 0 amide bonds. The van der Waals surface area contributed by atoms with E-state index >= 15 is 0 Å². The van der Waals surface area contributed by atoms with Gasteiger partial charge >= 0.3 is 0 Å². The molecule has 8 saturated carbocycles. The molecule has 11 fully saturated rings. The molecule has 0 aromatic rings. The van der Waals surface area contributed by atoms with Crippen LogP contribution < -0.4 is 0 Å². The van der Waals surface area contributed by atoms with Gasteiger partial charge in [-0.1, -0.05) is 64.2 Å². The molecule has 3 heterocycles. The van der Waals surface area contributed by atoms with Crippen molar-refractivity contribution >= 4 is 11.8 Å². The minimum absolute atomic E-state index is 0.509. The highest BCUT2D eigenvalue weighted by Crippen LogP contribution is 2.59. The molecule has 3 saturated heterocycles. The monoisotopic (exact) mass is 732 g/mol. The van der Waals surface area contributed by atoms with E-state index in [-0.39, 0.29) is 0 Å². The Morgan fingerprint density at radius 3 is 1.79 bits per heavy atom. The van der Waals surface area contributed by atoms with Crippen LogP contribution in [0, 0.1) is 59.2 Å². The number of fused-ring (bicyclic) bond motifs is 10. The highest BCUT2D eigenvalue weighted by molar-refractivity contribution is 8.00. The van der Waals surface area contributed by atoms with Gasteiger partial charge in [-0.3, -0.25) is 4.90 Å². The summed E-state index contributed by atoms with van der Waals surface area (Å²) in [6, 6.07) is 2.35. The first-order chi connectivity index (χ1) is 25.8. The topological polar surface area (TPSA) is 21.7 Å². The van der Waals surface area contributed by atoms with Crippen molar-refractivity contribution in [2.75, 3.05) is 0 Å². The van der Waals surface area contributed by atoms with E-state index in [0.29, 0.717) is 36.4 Å². The Labute approximate surface area is 323 Å². The zero-order valence-electron chi connectivity index (χ0n) is 33.1. The first-order valence-corrected chi connectivity index (χ1v) is 25.4. The molecule has 0 radical (unpaired) electrons. The Morgan fingerprint density at radius 1 is 0.365 bits per heavy atom. The van der Waals surface area contributed by atoms with Gasteiger partial charge < -0.3 is 9.47 Å². The molecule has 0 aromatic carbocycles. The van der Waals surface area contributed by atoms with Crippen LogP contribution in [-0.4, -0.2) is 57.9 Å². The summed E-state index contributed by atoms with van der Waals surface area (Å²) in [4.78, 5) is 3.32. The lowest BCUT2D eigenvalue weighted by molar-refractivity contribution is -0.104. The molecule has 292 valence electrons. The maximum atomic E-state index is 7.70. The first kappa shape index (κ1) is 35.4. The van der Waals surface area contributed by atoms with E-state index in [9.17, 15) is 0 Å². The van der Waals surface area contributed by atoms with Crippen LogP contribution in [0.5, 0.6) is 0 Å². The first-order valence-electron chi connectivity index (χ1n) is 24.5. The van der Waals surface area contributed by atoms with Gasteiger partial charge in [0.05, 0.1) is 24.4 Å². The number of hydrogen-bond donors (Lipinski definition) is 0. The lowest BCUT2D eigenvalue weighted by atomic mass is 9.64. The van der Waals surface area contributed by atoms with Gasteiger partial charge in [-0.15, -0.1) is 0 Å².